The van der Waals surface area contributed by atoms with E-state index in [1.165, 1.54) is 15.8 Å². The first-order chi connectivity index (χ1) is 10.4. The quantitative estimate of drug-likeness (QED) is 0.537. The average Bonchev–Trinajstić information content (AvgIpc) is 3.05. The van der Waals surface area contributed by atoms with Crippen molar-refractivity contribution in [1.29, 1.82) is 0 Å². The number of nitrogens with two attached hydrogens (primary N) is 1. The van der Waals surface area contributed by atoms with Crippen molar-refractivity contribution in [3.63, 3.8) is 0 Å². The highest BCUT2D eigenvalue weighted by Crippen LogP contribution is 2.26. The second-order valence-electron chi connectivity index (χ2n) is 5.11. The zero-order chi connectivity index (χ0) is 14.5. The highest BCUT2D eigenvalue weighted by molar-refractivity contribution is 7.09. The molecule has 0 bridgehead atoms. The standard InChI is InChI=1S/C17H19N3S/c18-20-17(10-1-5-13-6-4-12-21-13)15-7-2-9-16-14(15)8-3-11-19-16/h2-4,6-9,11-12,17,20H,1,5,10,18H2. The highest BCUT2D eigenvalue weighted by Gasteiger charge is 2.13. The summed E-state index contributed by atoms with van der Waals surface area (Å²) in [7, 11) is 0. The van der Waals surface area contributed by atoms with Crippen LogP contribution in [-0.2, 0) is 6.42 Å². The fraction of sp³-hybridized carbons (Fsp3) is 0.235. The van der Waals surface area contributed by atoms with Gasteiger partial charge in [0.2, 0.25) is 0 Å². The molecule has 0 aliphatic carbocycles. The van der Waals surface area contributed by atoms with E-state index in [1.54, 1.807) is 0 Å². The van der Waals surface area contributed by atoms with Crippen LogP contribution >= 0.6 is 11.3 Å². The fourth-order valence-corrected chi connectivity index (χ4v) is 3.45. The molecule has 0 radical (unpaired) electrons. The first kappa shape index (κ1) is 14.2. The summed E-state index contributed by atoms with van der Waals surface area (Å²) in [6.45, 7) is 0. The SMILES string of the molecule is NNC(CCCc1cccs1)c1cccc2ncccc12. The van der Waals surface area contributed by atoms with E-state index >= 15 is 0 Å². The lowest BCUT2D eigenvalue weighted by molar-refractivity contribution is 0.502. The lowest BCUT2D eigenvalue weighted by Gasteiger charge is -2.18. The van der Waals surface area contributed by atoms with E-state index < -0.39 is 0 Å². The molecule has 4 heteroatoms. The minimum absolute atomic E-state index is 0.165. The Kier molecular flexibility index (Phi) is 4.60. The first-order valence-corrected chi connectivity index (χ1v) is 8.08. The number of thiophene rings is 1. The Morgan fingerprint density at radius 3 is 2.90 bits per heavy atom. The number of fused-ring (bicyclic) bond motifs is 1. The highest BCUT2D eigenvalue weighted by atomic mass is 32.1. The normalized spacial score (nSPS) is 12.6. The molecule has 3 rings (SSSR count). The van der Waals surface area contributed by atoms with Gasteiger partial charge in [-0.25, -0.2) is 0 Å². The zero-order valence-electron chi connectivity index (χ0n) is 11.8. The van der Waals surface area contributed by atoms with Crippen molar-refractivity contribution in [2.24, 2.45) is 5.84 Å². The van der Waals surface area contributed by atoms with Crippen LogP contribution in [-0.4, -0.2) is 4.98 Å². The third-order valence-electron chi connectivity index (χ3n) is 3.75. The van der Waals surface area contributed by atoms with Gasteiger partial charge in [0, 0.05) is 22.5 Å². The number of nitrogens with zero attached hydrogens (tertiary/aromatic N) is 1. The molecule has 0 amide bonds. The molecule has 3 N–H and O–H groups in total. The molecule has 0 fully saturated rings. The van der Waals surface area contributed by atoms with Gasteiger partial charge in [-0.3, -0.25) is 16.3 Å². The van der Waals surface area contributed by atoms with Crippen LogP contribution < -0.4 is 11.3 Å². The Hall–Kier alpha value is -1.75. The molecule has 1 aromatic carbocycles. The Labute approximate surface area is 128 Å². The number of hydrazine groups is 1. The number of hydrogen-bond donors (Lipinski definition) is 2. The van der Waals surface area contributed by atoms with Crippen molar-refractivity contribution in [3.05, 3.63) is 64.5 Å². The molecule has 3 nitrogen and oxygen atoms in total. The van der Waals surface area contributed by atoms with Crippen molar-refractivity contribution in [3.8, 4) is 0 Å². The van der Waals surface area contributed by atoms with Crippen LogP contribution in [0.4, 0.5) is 0 Å². The maximum Gasteiger partial charge on any atom is 0.0705 e. The van der Waals surface area contributed by atoms with E-state index in [2.05, 4.69) is 40.1 Å². The molecule has 3 aromatic rings. The summed E-state index contributed by atoms with van der Waals surface area (Å²) >= 11 is 1.82. The molecule has 0 aliphatic rings. The van der Waals surface area contributed by atoms with Crippen molar-refractivity contribution in [2.45, 2.75) is 25.3 Å². The monoisotopic (exact) mass is 297 g/mol. The van der Waals surface area contributed by atoms with Crippen LogP contribution in [0.1, 0.15) is 29.3 Å². The van der Waals surface area contributed by atoms with E-state index in [0.717, 1.165) is 24.8 Å². The van der Waals surface area contributed by atoms with Gasteiger partial charge >= 0.3 is 0 Å². The summed E-state index contributed by atoms with van der Waals surface area (Å²) in [4.78, 5) is 5.85. The van der Waals surface area contributed by atoms with Gasteiger partial charge in [0.15, 0.2) is 0 Å². The van der Waals surface area contributed by atoms with Crippen LogP contribution in [0.15, 0.2) is 54.0 Å². The van der Waals surface area contributed by atoms with Gasteiger partial charge in [-0.05, 0) is 48.4 Å². The molecule has 0 saturated carbocycles. The van der Waals surface area contributed by atoms with E-state index in [1.807, 2.05) is 35.7 Å². The minimum atomic E-state index is 0.165. The van der Waals surface area contributed by atoms with Gasteiger partial charge < -0.3 is 0 Å². The average molecular weight is 297 g/mol. The molecule has 0 saturated heterocycles. The lowest BCUT2D eigenvalue weighted by Crippen LogP contribution is -2.28. The molecule has 2 heterocycles. The van der Waals surface area contributed by atoms with Crippen LogP contribution in [0.2, 0.25) is 0 Å². The molecule has 1 atom stereocenters. The molecule has 21 heavy (non-hydrogen) atoms. The molecule has 0 aliphatic heterocycles. The van der Waals surface area contributed by atoms with Crippen LogP contribution in [0.25, 0.3) is 10.9 Å². The predicted octanol–water partition coefficient (Wildman–Crippen LogP) is 3.82. The van der Waals surface area contributed by atoms with Gasteiger partial charge in [0.25, 0.3) is 0 Å². The minimum Gasteiger partial charge on any atom is -0.271 e. The summed E-state index contributed by atoms with van der Waals surface area (Å²) in [6, 6.07) is 14.8. The summed E-state index contributed by atoms with van der Waals surface area (Å²) < 4.78 is 0. The Bertz CT molecular complexity index is 689. The van der Waals surface area contributed by atoms with Crippen molar-refractivity contribution in [2.75, 3.05) is 0 Å². The van der Waals surface area contributed by atoms with E-state index in [4.69, 9.17) is 5.84 Å². The number of hydrogen-bond acceptors (Lipinski definition) is 4. The van der Waals surface area contributed by atoms with Crippen LogP contribution in [0.5, 0.6) is 0 Å². The van der Waals surface area contributed by atoms with E-state index in [9.17, 15) is 0 Å². The maximum atomic E-state index is 5.79. The third-order valence-corrected chi connectivity index (χ3v) is 4.69. The third kappa shape index (κ3) is 3.29. The lowest BCUT2D eigenvalue weighted by atomic mass is 9.97. The first-order valence-electron chi connectivity index (χ1n) is 7.20. The Morgan fingerprint density at radius 1 is 1.14 bits per heavy atom. The number of aromatic nitrogens is 1. The van der Waals surface area contributed by atoms with Gasteiger partial charge in [0.1, 0.15) is 0 Å². The number of rotatable bonds is 6. The second kappa shape index (κ2) is 6.80. The Morgan fingerprint density at radius 2 is 2.10 bits per heavy atom. The smallest absolute Gasteiger partial charge is 0.0705 e. The molecular formula is C17H19N3S. The van der Waals surface area contributed by atoms with Gasteiger partial charge in [-0.1, -0.05) is 24.3 Å². The van der Waals surface area contributed by atoms with Crippen LogP contribution in [0.3, 0.4) is 0 Å². The largest absolute Gasteiger partial charge is 0.271 e. The summed E-state index contributed by atoms with van der Waals surface area (Å²) in [5.74, 6) is 5.79. The molecule has 2 aromatic heterocycles. The maximum absolute atomic E-state index is 5.79. The summed E-state index contributed by atoms with van der Waals surface area (Å²) in [6.07, 6.45) is 5.07. The van der Waals surface area contributed by atoms with Crippen molar-refractivity contribution in [1.82, 2.24) is 10.4 Å². The van der Waals surface area contributed by atoms with Gasteiger partial charge in [-0.2, -0.15) is 0 Å². The molecular weight excluding hydrogens is 278 g/mol. The zero-order valence-corrected chi connectivity index (χ0v) is 12.6. The fourth-order valence-electron chi connectivity index (χ4n) is 2.69. The summed E-state index contributed by atoms with van der Waals surface area (Å²) in [5, 5.41) is 3.31. The second-order valence-corrected chi connectivity index (χ2v) is 6.14. The van der Waals surface area contributed by atoms with E-state index in [0.29, 0.717) is 0 Å². The van der Waals surface area contributed by atoms with Gasteiger partial charge in [0.05, 0.1) is 5.52 Å². The number of benzene rings is 1. The topological polar surface area (TPSA) is 50.9 Å². The molecule has 108 valence electrons. The number of nitrogens with one attached hydrogen (secondary N) is 1. The van der Waals surface area contributed by atoms with Crippen molar-refractivity contribution < 1.29 is 0 Å². The van der Waals surface area contributed by atoms with E-state index in [-0.39, 0.29) is 6.04 Å². The molecule has 0 spiro atoms. The Balaban J connectivity index is 1.75. The number of aryl methyl sites for hydroxylation is 1. The molecule has 1 unspecified atom stereocenters. The van der Waals surface area contributed by atoms with Gasteiger partial charge in [-0.15, -0.1) is 11.3 Å². The summed E-state index contributed by atoms with van der Waals surface area (Å²) in [5.41, 5.74) is 5.22. The predicted molar refractivity (Wildman–Crippen MR) is 89.1 cm³/mol. The van der Waals surface area contributed by atoms with Crippen LogP contribution in [0, 0.1) is 0 Å². The van der Waals surface area contributed by atoms with Crippen molar-refractivity contribution >= 4 is 22.2 Å². The number of pyridine rings is 1.